The van der Waals surface area contributed by atoms with Crippen LogP contribution in [0.25, 0.3) is 10.9 Å². The average molecular weight is 332 g/mol. The molecule has 3 aromatic rings. The minimum Gasteiger partial charge on any atom is -0.491 e. The van der Waals surface area contributed by atoms with Gasteiger partial charge in [-0.1, -0.05) is 18.2 Å². The van der Waals surface area contributed by atoms with E-state index in [-0.39, 0.29) is 0 Å². The van der Waals surface area contributed by atoms with Crippen molar-refractivity contribution in [2.75, 3.05) is 18.1 Å². The van der Waals surface area contributed by atoms with Gasteiger partial charge in [-0.2, -0.15) is 0 Å². The van der Waals surface area contributed by atoms with Crippen molar-refractivity contribution in [3.8, 4) is 5.75 Å². The Labute approximate surface area is 147 Å². The minimum atomic E-state index is 0.319. The summed E-state index contributed by atoms with van der Waals surface area (Å²) in [6, 6.07) is 20.0. The topological polar surface area (TPSA) is 42.4 Å². The summed E-state index contributed by atoms with van der Waals surface area (Å²) < 4.78 is 5.94. The molecule has 4 nitrogen and oxygen atoms in total. The Morgan fingerprint density at radius 1 is 1.08 bits per heavy atom. The number of benzene rings is 2. The Bertz CT molecular complexity index is 876. The maximum absolute atomic E-state index is 10.7. The third-order valence-electron chi connectivity index (χ3n) is 4.71. The molecule has 0 saturated carbocycles. The van der Waals surface area contributed by atoms with Crippen LogP contribution in [0.15, 0.2) is 60.7 Å². The number of fused-ring (bicyclic) bond motifs is 1. The van der Waals surface area contributed by atoms with Crippen molar-refractivity contribution >= 4 is 23.0 Å². The van der Waals surface area contributed by atoms with Crippen LogP contribution in [-0.4, -0.2) is 30.5 Å². The highest BCUT2D eigenvalue weighted by Crippen LogP contribution is 2.26. The van der Waals surface area contributed by atoms with E-state index >= 15 is 0 Å². The molecule has 0 aliphatic carbocycles. The summed E-state index contributed by atoms with van der Waals surface area (Å²) >= 11 is 0. The van der Waals surface area contributed by atoms with Gasteiger partial charge in [-0.25, -0.2) is 4.98 Å². The normalized spacial score (nSPS) is 17.0. The molecule has 1 fully saturated rings. The van der Waals surface area contributed by atoms with E-state index in [0.717, 1.165) is 48.1 Å². The van der Waals surface area contributed by atoms with Gasteiger partial charge in [-0.05, 0) is 55.3 Å². The van der Waals surface area contributed by atoms with E-state index in [0.29, 0.717) is 18.2 Å². The number of carbonyl (C=O) groups is 1. The van der Waals surface area contributed by atoms with Crippen molar-refractivity contribution in [1.82, 2.24) is 4.98 Å². The fourth-order valence-corrected chi connectivity index (χ4v) is 3.36. The third kappa shape index (κ3) is 3.33. The number of hydrogen-bond acceptors (Lipinski definition) is 4. The van der Waals surface area contributed by atoms with Gasteiger partial charge < -0.3 is 9.64 Å². The van der Waals surface area contributed by atoms with Crippen molar-refractivity contribution in [3.63, 3.8) is 0 Å². The van der Waals surface area contributed by atoms with Crippen LogP contribution >= 0.6 is 0 Å². The lowest BCUT2D eigenvalue weighted by atomic mass is 10.2. The molecule has 2 heterocycles. The van der Waals surface area contributed by atoms with Crippen LogP contribution in [0.2, 0.25) is 0 Å². The second kappa shape index (κ2) is 6.93. The molecule has 25 heavy (non-hydrogen) atoms. The average Bonchev–Trinajstić information content (AvgIpc) is 3.15. The molecule has 4 rings (SSSR count). The Kier molecular flexibility index (Phi) is 4.34. The molecule has 4 heteroatoms. The number of pyridine rings is 1. The molecule has 2 aromatic carbocycles. The Balaban J connectivity index is 1.48. The smallest absolute Gasteiger partial charge is 0.150 e. The SMILES string of the molecule is O=Cc1ccc(OCC2CCCN2c2ccc3ccccc3n2)cc1. The van der Waals surface area contributed by atoms with Crippen molar-refractivity contribution in [2.45, 2.75) is 18.9 Å². The quantitative estimate of drug-likeness (QED) is 0.660. The first-order chi connectivity index (χ1) is 12.3. The lowest BCUT2D eigenvalue weighted by Crippen LogP contribution is -2.34. The predicted molar refractivity (Wildman–Crippen MR) is 99.4 cm³/mol. The summed E-state index contributed by atoms with van der Waals surface area (Å²) in [6.07, 6.45) is 3.08. The van der Waals surface area contributed by atoms with Crippen LogP contribution < -0.4 is 9.64 Å². The number of aldehydes is 1. The molecule has 1 aliphatic rings. The minimum absolute atomic E-state index is 0.319. The third-order valence-corrected chi connectivity index (χ3v) is 4.71. The molecule has 1 atom stereocenters. The van der Waals surface area contributed by atoms with Gasteiger partial charge >= 0.3 is 0 Å². The number of anilines is 1. The maximum atomic E-state index is 10.7. The van der Waals surface area contributed by atoms with Gasteiger partial charge in [0.2, 0.25) is 0 Å². The first-order valence-electron chi connectivity index (χ1n) is 8.64. The zero-order valence-corrected chi connectivity index (χ0v) is 14.0. The summed E-state index contributed by atoms with van der Waals surface area (Å²) in [6.45, 7) is 1.62. The van der Waals surface area contributed by atoms with Gasteiger partial charge in [0.25, 0.3) is 0 Å². The highest BCUT2D eigenvalue weighted by atomic mass is 16.5. The number of para-hydroxylation sites is 1. The monoisotopic (exact) mass is 332 g/mol. The maximum Gasteiger partial charge on any atom is 0.150 e. The Morgan fingerprint density at radius 2 is 1.92 bits per heavy atom. The molecule has 1 unspecified atom stereocenters. The molecule has 1 saturated heterocycles. The number of rotatable bonds is 5. The standard InChI is InChI=1S/C21H20N2O2/c24-14-16-7-10-19(11-8-16)25-15-18-5-3-13-23(18)21-12-9-17-4-1-2-6-20(17)22-21/h1-2,4,6-12,14,18H,3,5,13,15H2. The lowest BCUT2D eigenvalue weighted by Gasteiger charge is -2.26. The molecular weight excluding hydrogens is 312 g/mol. The van der Waals surface area contributed by atoms with E-state index < -0.39 is 0 Å². The number of carbonyl (C=O) groups excluding carboxylic acids is 1. The second-order valence-corrected chi connectivity index (χ2v) is 6.35. The zero-order valence-electron chi connectivity index (χ0n) is 14.0. The summed E-state index contributed by atoms with van der Waals surface area (Å²) in [4.78, 5) is 17.9. The second-order valence-electron chi connectivity index (χ2n) is 6.35. The largest absolute Gasteiger partial charge is 0.491 e. The Morgan fingerprint density at radius 3 is 2.76 bits per heavy atom. The van der Waals surface area contributed by atoms with Crippen molar-refractivity contribution in [2.24, 2.45) is 0 Å². The van der Waals surface area contributed by atoms with E-state index in [1.54, 1.807) is 12.1 Å². The molecular formula is C21H20N2O2. The first-order valence-corrected chi connectivity index (χ1v) is 8.64. The van der Waals surface area contributed by atoms with Crippen LogP contribution in [-0.2, 0) is 0 Å². The van der Waals surface area contributed by atoms with E-state index in [4.69, 9.17) is 9.72 Å². The van der Waals surface area contributed by atoms with Crippen LogP contribution in [0.4, 0.5) is 5.82 Å². The van der Waals surface area contributed by atoms with Crippen molar-refractivity contribution in [3.05, 3.63) is 66.2 Å². The van der Waals surface area contributed by atoms with Crippen LogP contribution in [0.5, 0.6) is 5.75 Å². The van der Waals surface area contributed by atoms with Crippen LogP contribution in [0, 0.1) is 0 Å². The van der Waals surface area contributed by atoms with Gasteiger partial charge in [0.15, 0.2) is 0 Å². The van der Waals surface area contributed by atoms with Gasteiger partial charge in [0.1, 0.15) is 24.5 Å². The van der Waals surface area contributed by atoms with E-state index in [1.165, 1.54) is 0 Å². The highest BCUT2D eigenvalue weighted by molar-refractivity contribution is 5.80. The number of nitrogens with zero attached hydrogens (tertiary/aromatic N) is 2. The fourth-order valence-electron chi connectivity index (χ4n) is 3.36. The molecule has 0 bridgehead atoms. The number of ether oxygens (including phenoxy) is 1. The summed E-state index contributed by atoms with van der Waals surface area (Å²) in [5.74, 6) is 1.81. The van der Waals surface area contributed by atoms with Gasteiger partial charge in [0.05, 0.1) is 11.6 Å². The molecule has 126 valence electrons. The van der Waals surface area contributed by atoms with Gasteiger partial charge in [-0.15, -0.1) is 0 Å². The first kappa shape index (κ1) is 15.6. The van der Waals surface area contributed by atoms with Gasteiger partial charge in [-0.3, -0.25) is 4.79 Å². The van der Waals surface area contributed by atoms with E-state index in [2.05, 4.69) is 29.2 Å². The number of hydrogen-bond donors (Lipinski definition) is 0. The molecule has 1 aliphatic heterocycles. The Hall–Kier alpha value is -2.88. The fraction of sp³-hybridized carbons (Fsp3) is 0.238. The molecule has 0 spiro atoms. The summed E-state index contributed by atoms with van der Waals surface area (Å²) in [7, 11) is 0. The summed E-state index contributed by atoms with van der Waals surface area (Å²) in [5.41, 5.74) is 1.69. The van der Waals surface area contributed by atoms with E-state index in [9.17, 15) is 4.79 Å². The lowest BCUT2D eigenvalue weighted by molar-refractivity contribution is 0.112. The number of aromatic nitrogens is 1. The molecule has 0 N–H and O–H groups in total. The van der Waals surface area contributed by atoms with Crippen molar-refractivity contribution in [1.29, 1.82) is 0 Å². The van der Waals surface area contributed by atoms with Gasteiger partial charge in [0, 0.05) is 17.5 Å². The van der Waals surface area contributed by atoms with Crippen LogP contribution in [0.3, 0.4) is 0 Å². The predicted octanol–water partition coefficient (Wildman–Crippen LogP) is 4.10. The summed E-state index contributed by atoms with van der Waals surface area (Å²) in [5, 5.41) is 1.16. The highest BCUT2D eigenvalue weighted by Gasteiger charge is 2.26. The molecule has 0 radical (unpaired) electrons. The zero-order chi connectivity index (χ0) is 17.1. The van der Waals surface area contributed by atoms with E-state index in [1.807, 2.05) is 24.3 Å². The van der Waals surface area contributed by atoms with Crippen molar-refractivity contribution < 1.29 is 9.53 Å². The molecule has 1 aromatic heterocycles. The molecule has 0 amide bonds. The van der Waals surface area contributed by atoms with Crippen LogP contribution in [0.1, 0.15) is 23.2 Å².